The van der Waals surface area contributed by atoms with Gasteiger partial charge in [0.2, 0.25) is 5.88 Å². The molecular formula is C23H22N4O4. The number of nitrogens with zero attached hydrogens (tertiary/aromatic N) is 2. The molecule has 0 fully saturated rings. The molecule has 158 valence electrons. The lowest BCUT2D eigenvalue weighted by Gasteiger charge is -2.10. The van der Waals surface area contributed by atoms with Crippen molar-refractivity contribution in [2.24, 2.45) is 0 Å². The monoisotopic (exact) mass is 418 g/mol. The molecule has 0 spiro atoms. The van der Waals surface area contributed by atoms with E-state index in [-0.39, 0.29) is 0 Å². The highest BCUT2D eigenvalue weighted by Gasteiger charge is 2.06. The van der Waals surface area contributed by atoms with E-state index in [9.17, 15) is 10.1 Å². The number of nitrogens with one attached hydrogen (secondary N) is 2. The van der Waals surface area contributed by atoms with Crippen LogP contribution in [-0.4, -0.2) is 29.8 Å². The van der Waals surface area contributed by atoms with Gasteiger partial charge in [0.05, 0.1) is 18.7 Å². The standard InChI is InChI=1S/C23H22N4O4/c1-30-19-6-4-17(5-7-19)15-26-21-12-18(14-24)13-22(27-21)31-20-8-2-16(3-9-20)10-11-25-23(28)29/h2-9,12-13,25H,10-11,15H2,1H3,(H,26,27)(H,28,29). The Morgan fingerprint density at radius 2 is 1.74 bits per heavy atom. The van der Waals surface area contributed by atoms with Crippen molar-refractivity contribution in [1.82, 2.24) is 10.3 Å². The molecule has 1 heterocycles. The van der Waals surface area contributed by atoms with Crippen LogP contribution in [0, 0.1) is 11.3 Å². The van der Waals surface area contributed by atoms with Gasteiger partial charge in [-0.15, -0.1) is 0 Å². The molecule has 3 rings (SSSR count). The van der Waals surface area contributed by atoms with Gasteiger partial charge in [-0.3, -0.25) is 0 Å². The average Bonchev–Trinajstić information content (AvgIpc) is 2.79. The van der Waals surface area contributed by atoms with Gasteiger partial charge in [-0.25, -0.2) is 4.79 Å². The minimum atomic E-state index is -1.04. The van der Waals surface area contributed by atoms with Crippen molar-refractivity contribution >= 4 is 11.9 Å². The van der Waals surface area contributed by atoms with Crippen molar-refractivity contribution in [3.05, 3.63) is 77.4 Å². The molecular weight excluding hydrogens is 396 g/mol. The fourth-order valence-electron chi connectivity index (χ4n) is 2.81. The minimum absolute atomic E-state index is 0.302. The maximum atomic E-state index is 10.5. The lowest BCUT2D eigenvalue weighted by atomic mass is 10.1. The number of aromatic nitrogens is 1. The van der Waals surface area contributed by atoms with Crippen LogP contribution < -0.4 is 20.1 Å². The molecule has 1 aromatic heterocycles. The molecule has 0 atom stereocenters. The molecule has 0 bridgehead atoms. The summed E-state index contributed by atoms with van der Waals surface area (Å²) in [5, 5.41) is 23.5. The van der Waals surface area contributed by atoms with Crippen LogP contribution in [0.2, 0.25) is 0 Å². The van der Waals surface area contributed by atoms with Gasteiger partial charge in [0.15, 0.2) is 0 Å². The fraction of sp³-hybridized carbons (Fsp3) is 0.174. The number of anilines is 1. The van der Waals surface area contributed by atoms with Gasteiger partial charge in [0.25, 0.3) is 0 Å². The number of rotatable bonds is 9. The van der Waals surface area contributed by atoms with Crippen LogP contribution in [0.3, 0.4) is 0 Å². The van der Waals surface area contributed by atoms with Gasteiger partial charge in [0, 0.05) is 19.2 Å². The number of amides is 1. The second-order valence-electron chi connectivity index (χ2n) is 6.62. The number of ether oxygens (including phenoxy) is 2. The Labute approximate surface area is 180 Å². The van der Waals surface area contributed by atoms with Crippen molar-refractivity contribution in [3.63, 3.8) is 0 Å². The molecule has 8 heteroatoms. The molecule has 0 saturated carbocycles. The molecule has 0 radical (unpaired) electrons. The smallest absolute Gasteiger partial charge is 0.404 e. The quantitative estimate of drug-likeness (QED) is 0.477. The summed E-state index contributed by atoms with van der Waals surface area (Å²) in [5.74, 6) is 2.18. The van der Waals surface area contributed by atoms with Gasteiger partial charge >= 0.3 is 6.09 Å². The van der Waals surface area contributed by atoms with Crippen LogP contribution in [0.5, 0.6) is 17.4 Å². The van der Waals surface area contributed by atoms with Crippen LogP contribution in [0.1, 0.15) is 16.7 Å². The largest absolute Gasteiger partial charge is 0.497 e. The van der Waals surface area contributed by atoms with E-state index < -0.39 is 6.09 Å². The lowest BCUT2D eigenvalue weighted by Crippen LogP contribution is -2.23. The summed E-state index contributed by atoms with van der Waals surface area (Å²) in [6, 6.07) is 20.3. The van der Waals surface area contributed by atoms with Crippen LogP contribution in [0.15, 0.2) is 60.7 Å². The van der Waals surface area contributed by atoms with Crippen LogP contribution in [0.25, 0.3) is 0 Å². The Bertz CT molecular complexity index is 1060. The molecule has 0 aliphatic carbocycles. The number of carboxylic acid groups (broad SMARTS) is 1. The SMILES string of the molecule is COc1ccc(CNc2cc(C#N)cc(Oc3ccc(CCNC(=O)O)cc3)n2)cc1. The number of methoxy groups -OCH3 is 1. The van der Waals surface area contributed by atoms with Gasteiger partial charge in [0.1, 0.15) is 17.3 Å². The van der Waals surface area contributed by atoms with Crippen molar-refractivity contribution in [2.45, 2.75) is 13.0 Å². The highest BCUT2D eigenvalue weighted by Crippen LogP contribution is 2.23. The van der Waals surface area contributed by atoms with Crippen LogP contribution in [0.4, 0.5) is 10.6 Å². The first-order valence-electron chi connectivity index (χ1n) is 9.58. The van der Waals surface area contributed by atoms with Gasteiger partial charge in [-0.05, 0) is 47.9 Å². The number of hydrogen-bond donors (Lipinski definition) is 3. The van der Waals surface area contributed by atoms with E-state index in [1.54, 1.807) is 31.4 Å². The summed E-state index contributed by atoms with van der Waals surface area (Å²) in [4.78, 5) is 14.9. The van der Waals surface area contributed by atoms with Crippen molar-refractivity contribution in [2.75, 3.05) is 19.0 Å². The maximum Gasteiger partial charge on any atom is 0.404 e. The highest BCUT2D eigenvalue weighted by molar-refractivity contribution is 5.64. The number of benzene rings is 2. The first-order chi connectivity index (χ1) is 15.1. The van der Waals surface area contributed by atoms with E-state index in [0.29, 0.717) is 42.5 Å². The van der Waals surface area contributed by atoms with Gasteiger partial charge in [-0.1, -0.05) is 24.3 Å². The van der Waals surface area contributed by atoms with E-state index in [1.807, 2.05) is 36.4 Å². The Hall–Kier alpha value is -4.25. The average molecular weight is 418 g/mol. The van der Waals surface area contributed by atoms with E-state index in [2.05, 4.69) is 21.7 Å². The van der Waals surface area contributed by atoms with Crippen molar-refractivity contribution in [3.8, 4) is 23.4 Å². The third-order valence-corrected chi connectivity index (χ3v) is 4.40. The third kappa shape index (κ3) is 6.65. The first kappa shape index (κ1) is 21.5. The molecule has 31 heavy (non-hydrogen) atoms. The van der Waals surface area contributed by atoms with E-state index in [0.717, 1.165) is 16.9 Å². The van der Waals surface area contributed by atoms with Crippen molar-refractivity contribution < 1.29 is 19.4 Å². The van der Waals surface area contributed by atoms with E-state index >= 15 is 0 Å². The second-order valence-corrected chi connectivity index (χ2v) is 6.62. The zero-order valence-electron chi connectivity index (χ0n) is 17.0. The molecule has 0 aliphatic heterocycles. The van der Waals surface area contributed by atoms with E-state index in [4.69, 9.17) is 14.6 Å². The molecule has 0 unspecified atom stereocenters. The number of carbonyl (C=O) groups is 1. The molecule has 3 N–H and O–H groups in total. The Balaban J connectivity index is 1.64. The number of hydrogen-bond acceptors (Lipinski definition) is 6. The zero-order chi connectivity index (χ0) is 22.1. The van der Waals surface area contributed by atoms with Gasteiger partial charge in [-0.2, -0.15) is 10.2 Å². The lowest BCUT2D eigenvalue weighted by molar-refractivity contribution is 0.194. The topological polar surface area (TPSA) is 116 Å². The summed E-state index contributed by atoms with van der Waals surface area (Å²) in [7, 11) is 1.62. The minimum Gasteiger partial charge on any atom is -0.497 e. The summed E-state index contributed by atoms with van der Waals surface area (Å²) in [5.41, 5.74) is 2.45. The fourth-order valence-corrected chi connectivity index (χ4v) is 2.81. The Morgan fingerprint density at radius 3 is 2.39 bits per heavy atom. The molecule has 8 nitrogen and oxygen atoms in total. The highest BCUT2D eigenvalue weighted by atomic mass is 16.5. The maximum absolute atomic E-state index is 10.5. The molecule has 3 aromatic rings. The second kappa shape index (κ2) is 10.5. The summed E-state index contributed by atoms with van der Waals surface area (Å²) < 4.78 is 11.0. The normalized spacial score (nSPS) is 10.1. The van der Waals surface area contributed by atoms with Gasteiger partial charge < -0.3 is 25.2 Å². The third-order valence-electron chi connectivity index (χ3n) is 4.40. The Kier molecular flexibility index (Phi) is 7.27. The zero-order valence-corrected chi connectivity index (χ0v) is 17.0. The van der Waals surface area contributed by atoms with Crippen molar-refractivity contribution in [1.29, 1.82) is 5.26 Å². The number of pyridine rings is 1. The molecule has 0 aliphatic rings. The summed E-state index contributed by atoms with van der Waals surface area (Å²) >= 11 is 0. The van der Waals surface area contributed by atoms with Crippen LogP contribution >= 0.6 is 0 Å². The first-order valence-corrected chi connectivity index (χ1v) is 9.58. The predicted molar refractivity (Wildman–Crippen MR) is 116 cm³/mol. The van der Waals surface area contributed by atoms with Crippen LogP contribution in [-0.2, 0) is 13.0 Å². The number of nitriles is 1. The summed E-state index contributed by atoms with van der Waals surface area (Å²) in [6.45, 7) is 0.870. The molecule has 0 saturated heterocycles. The summed E-state index contributed by atoms with van der Waals surface area (Å²) in [6.07, 6.45) is -0.464. The molecule has 1 amide bonds. The molecule has 2 aromatic carbocycles. The Morgan fingerprint density at radius 1 is 1.06 bits per heavy atom. The van der Waals surface area contributed by atoms with E-state index in [1.165, 1.54) is 0 Å². The predicted octanol–water partition coefficient (Wildman–Crippen LogP) is 4.18.